The lowest BCUT2D eigenvalue weighted by Crippen LogP contribution is -1.90. The summed E-state index contributed by atoms with van der Waals surface area (Å²) in [5.41, 5.74) is 11.0. The molecule has 0 heterocycles. The van der Waals surface area contributed by atoms with Crippen LogP contribution in [-0.4, -0.2) is 0 Å². The van der Waals surface area contributed by atoms with Gasteiger partial charge in [0.05, 0.1) is 5.03 Å². The summed E-state index contributed by atoms with van der Waals surface area (Å²) in [6, 6.07) is 21.1. The van der Waals surface area contributed by atoms with Crippen LogP contribution in [0.4, 0.5) is 0 Å². The molecule has 0 unspecified atom stereocenters. The van der Waals surface area contributed by atoms with Crippen LogP contribution in [0.1, 0.15) is 22.3 Å². The number of rotatable bonds is 3. The van der Waals surface area contributed by atoms with Crippen molar-refractivity contribution in [2.45, 2.75) is 26.5 Å². The van der Waals surface area contributed by atoms with Gasteiger partial charge in [-0.2, -0.15) is 0 Å². The normalized spacial score (nSPS) is 9.58. The molecule has 0 aliphatic rings. The van der Waals surface area contributed by atoms with Gasteiger partial charge in [-0.25, -0.2) is 0 Å². The first-order valence-corrected chi connectivity index (χ1v) is 9.81. The minimum Gasteiger partial charge on any atom is -0.394 e. The number of thioether (sulfide) groups is 1. The predicted octanol–water partition coefficient (Wildman–Crippen LogP) is 5.90. The third-order valence-electron chi connectivity index (χ3n) is 4.17. The van der Waals surface area contributed by atoms with Crippen LogP contribution in [0.2, 0.25) is 0 Å². The van der Waals surface area contributed by atoms with Gasteiger partial charge in [-0.1, -0.05) is 67.2 Å². The molecular weight excluding hydrogens is 356 g/mol. The fraction of sp³-hybridized carbons (Fsp3) is 0.182. The van der Waals surface area contributed by atoms with E-state index in [9.17, 15) is 0 Å². The predicted molar refractivity (Wildman–Crippen MR) is 122 cm³/mol. The molecule has 3 aromatic rings. The molecule has 0 aliphatic heterocycles. The van der Waals surface area contributed by atoms with Crippen LogP contribution < -0.4 is 10.9 Å². The van der Waals surface area contributed by atoms with E-state index in [1.807, 2.05) is 0 Å². The van der Waals surface area contributed by atoms with Crippen molar-refractivity contribution in [1.29, 1.82) is 0 Å². The minimum atomic E-state index is 0.669. The molecule has 3 aromatic carbocycles. The van der Waals surface area contributed by atoms with E-state index in [1.165, 1.54) is 33.0 Å². The van der Waals surface area contributed by atoms with E-state index >= 15 is 0 Å². The Hall–Kier alpha value is -1.88. The molecule has 0 atom stereocenters. The van der Waals surface area contributed by atoms with Crippen LogP contribution >= 0.6 is 24.6 Å². The second-order valence-electron chi connectivity index (χ2n) is 5.91. The molecule has 0 aromatic heterocycles. The van der Waals surface area contributed by atoms with Gasteiger partial charge in [-0.15, -0.1) is 24.6 Å². The molecule has 138 valence electrons. The van der Waals surface area contributed by atoms with Crippen LogP contribution in [-0.2, 0) is 5.75 Å². The number of fused-ring (bicyclic) bond motifs is 1. The smallest absolute Gasteiger partial charge is 0.0585 e. The van der Waals surface area contributed by atoms with Gasteiger partial charge in [0.15, 0.2) is 0 Å². The Bertz CT molecular complexity index is 819. The molecule has 4 heteroatoms. The van der Waals surface area contributed by atoms with Crippen LogP contribution in [0, 0.1) is 20.8 Å². The lowest BCUT2D eigenvalue weighted by Gasteiger charge is -2.05. The summed E-state index contributed by atoms with van der Waals surface area (Å²) in [7, 11) is 0. The highest BCUT2D eigenvalue weighted by atomic mass is 32.2. The molecule has 4 N–H and O–H groups in total. The number of benzene rings is 3. The monoisotopic (exact) mass is 384 g/mol. The topological polar surface area (TPSA) is 52.0 Å². The largest absolute Gasteiger partial charge is 0.394 e. The van der Waals surface area contributed by atoms with Crippen LogP contribution in [0.15, 0.2) is 72.3 Å². The zero-order chi connectivity index (χ0) is 19.5. The lowest BCUT2D eigenvalue weighted by atomic mass is 10.1. The summed E-state index contributed by atoms with van der Waals surface area (Å²) in [4.78, 5) is 0. The summed E-state index contributed by atoms with van der Waals surface area (Å²) in [5.74, 6) is 0.886. The molecule has 0 saturated carbocycles. The van der Waals surface area contributed by atoms with Gasteiger partial charge in [0.25, 0.3) is 0 Å². The second-order valence-corrected chi connectivity index (χ2v) is 7.01. The maximum absolute atomic E-state index is 5.55. The third-order valence-corrected chi connectivity index (χ3v) is 4.99. The minimum absolute atomic E-state index is 0.669. The number of aryl methyl sites for hydroxylation is 2. The number of nitrogens with two attached hydrogens (primary N) is 2. The Morgan fingerprint density at radius 2 is 1.42 bits per heavy atom. The van der Waals surface area contributed by atoms with E-state index in [2.05, 4.69) is 106 Å². The van der Waals surface area contributed by atoms with Gasteiger partial charge in [0.1, 0.15) is 0 Å². The molecule has 26 heavy (non-hydrogen) atoms. The van der Waals surface area contributed by atoms with Crippen molar-refractivity contribution in [2.75, 3.05) is 0 Å². The summed E-state index contributed by atoms with van der Waals surface area (Å²) in [6.45, 7) is 10.1. The molecule has 0 bridgehead atoms. The van der Waals surface area contributed by atoms with Crippen molar-refractivity contribution in [2.24, 2.45) is 10.9 Å². The molecule has 0 amide bonds. The van der Waals surface area contributed by atoms with E-state index in [-0.39, 0.29) is 0 Å². The molecule has 2 nitrogen and oxygen atoms in total. The molecule has 0 saturated heterocycles. The number of hydrogen-bond acceptors (Lipinski definition) is 4. The Labute approximate surface area is 167 Å². The van der Waals surface area contributed by atoms with Crippen molar-refractivity contribution in [3.8, 4) is 0 Å². The molecule has 3 rings (SSSR count). The molecular formula is C22H28N2S2. The van der Waals surface area contributed by atoms with Crippen LogP contribution in [0.3, 0.4) is 0 Å². The van der Waals surface area contributed by atoms with Crippen LogP contribution in [0.25, 0.3) is 10.8 Å². The van der Waals surface area contributed by atoms with Crippen molar-refractivity contribution < 1.29 is 0 Å². The van der Waals surface area contributed by atoms with Gasteiger partial charge < -0.3 is 5.73 Å². The SMILES string of the molecule is C=C(N)SCc1cccc2ccccc12.Cc1cccc(C)c1C.NS. The van der Waals surface area contributed by atoms with Gasteiger partial charge in [-0.3, -0.25) is 5.14 Å². The van der Waals surface area contributed by atoms with Gasteiger partial charge in [0, 0.05) is 5.75 Å². The number of thiol groups is 1. The Kier molecular flexibility index (Phi) is 9.96. The second kappa shape index (κ2) is 11.7. The first kappa shape index (κ1) is 22.2. The van der Waals surface area contributed by atoms with Crippen molar-refractivity contribution in [3.05, 3.63) is 94.5 Å². The molecule has 0 aliphatic carbocycles. The van der Waals surface area contributed by atoms with Gasteiger partial charge >= 0.3 is 0 Å². The quantitative estimate of drug-likeness (QED) is 0.492. The highest BCUT2D eigenvalue weighted by molar-refractivity contribution is 8.02. The Morgan fingerprint density at radius 1 is 0.885 bits per heavy atom. The number of hydrogen-bond donors (Lipinski definition) is 3. The van der Waals surface area contributed by atoms with E-state index in [1.54, 1.807) is 11.8 Å². The van der Waals surface area contributed by atoms with E-state index in [0.29, 0.717) is 5.03 Å². The standard InChI is InChI=1S/C13H13NS.C9H12.H3NS/c1-10(14)15-9-12-7-4-6-11-5-2-3-8-13(11)12;1-7-5-4-6-8(2)9(7)3;1-2/h2-8H,1,9,14H2;4-6H,1-3H3;2H,1H2. The summed E-state index contributed by atoms with van der Waals surface area (Å²) in [5, 5.41) is 7.44. The fourth-order valence-corrected chi connectivity index (χ4v) is 3.08. The summed E-state index contributed by atoms with van der Waals surface area (Å²) < 4.78 is 0. The van der Waals surface area contributed by atoms with Crippen molar-refractivity contribution in [3.63, 3.8) is 0 Å². The summed E-state index contributed by atoms with van der Waals surface area (Å²) >= 11 is 4.61. The van der Waals surface area contributed by atoms with Crippen molar-refractivity contribution >= 4 is 35.3 Å². The highest BCUT2D eigenvalue weighted by Gasteiger charge is 2.00. The van der Waals surface area contributed by atoms with E-state index < -0.39 is 0 Å². The van der Waals surface area contributed by atoms with Crippen LogP contribution in [0.5, 0.6) is 0 Å². The Morgan fingerprint density at radius 3 is 2.00 bits per heavy atom. The average Bonchev–Trinajstić information content (AvgIpc) is 2.66. The molecule has 0 radical (unpaired) electrons. The first-order valence-electron chi connectivity index (χ1n) is 8.31. The van der Waals surface area contributed by atoms with Crippen molar-refractivity contribution in [1.82, 2.24) is 0 Å². The van der Waals surface area contributed by atoms with Gasteiger partial charge in [0.2, 0.25) is 0 Å². The zero-order valence-electron chi connectivity index (χ0n) is 15.7. The first-order chi connectivity index (χ1) is 12.5. The molecule has 0 spiro atoms. The fourth-order valence-electron chi connectivity index (χ4n) is 2.49. The lowest BCUT2D eigenvalue weighted by molar-refractivity contribution is 1.27. The third kappa shape index (κ3) is 6.79. The highest BCUT2D eigenvalue weighted by Crippen LogP contribution is 2.24. The Balaban J connectivity index is 0.000000263. The summed E-state index contributed by atoms with van der Waals surface area (Å²) in [6.07, 6.45) is 0. The maximum Gasteiger partial charge on any atom is 0.0585 e. The zero-order valence-corrected chi connectivity index (χ0v) is 17.4. The van der Waals surface area contributed by atoms with Gasteiger partial charge in [-0.05, 0) is 53.8 Å². The van der Waals surface area contributed by atoms with E-state index in [4.69, 9.17) is 5.73 Å². The average molecular weight is 385 g/mol. The van der Waals surface area contributed by atoms with E-state index in [0.717, 1.165) is 5.75 Å². The maximum atomic E-state index is 5.55. The molecule has 0 fully saturated rings.